The molecular formula is C26H27N3O2. The van der Waals surface area contributed by atoms with Gasteiger partial charge in [0, 0.05) is 30.0 Å². The van der Waals surface area contributed by atoms with Crippen LogP contribution in [0.4, 0.5) is 16.2 Å². The summed E-state index contributed by atoms with van der Waals surface area (Å²) in [6, 6.07) is 21.3. The molecule has 0 bridgehead atoms. The molecule has 0 saturated carbocycles. The van der Waals surface area contributed by atoms with Crippen molar-refractivity contribution >= 4 is 23.3 Å². The lowest BCUT2D eigenvalue weighted by atomic mass is 10.1. The molecule has 0 saturated heterocycles. The van der Waals surface area contributed by atoms with Crippen molar-refractivity contribution in [2.24, 2.45) is 0 Å². The Balaban J connectivity index is 1.44. The Morgan fingerprint density at radius 2 is 1.84 bits per heavy atom. The van der Waals surface area contributed by atoms with E-state index in [1.165, 1.54) is 0 Å². The van der Waals surface area contributed by atoms with E-state index in [9.17, 15) is 9.59 Å². The van der Waals surface area contributed by atoms with Crippen LogP contribution in [0.25, 0.3) is 0 Å². The van der Waals surface area contributed by atoms with Crippen LogP contribution in [-0.4, -0.2) is 18.5 Å². The molecule has 0 radical (unpaired) electrons. The molecule has 2 N–H and O–H groups in total. The van der Waals surface area contributed by atoms with Gasteiger partial charge in [-0.15, -0.1) is 0 Å². The summed E-state index contributed by atoms with van der Waals surface area (Å²) in [7, 11) is 0. The number of urea groups is 1. The minimum atomic E-state index is -0.242. The van der Waals surface area contributed by atoms with Crippen molar-refractivity contribution in [1.29, 1.82) is 0 Å². The van der Waals surface area contributed by atoms with E-state index in [0.717, 1.165) is 46.5 Å². The van der Waals surface area contributed by atoms with E-state index in [-0.39, 0.29) is 11.9 Å². The monoisotopic (exact) mass is 413 g/mol. The second-order valence-electron chi connectivity index (χ2n) is 7.86. The number of aryl methyl sites for hydroxylation is 2. The summed E-state index contributed by atoms with van der Waals surface area (Å²) in [4.78, 5) is 27.3. The highest BCUT2D eigenvalue weighted by molar-refractivity contribution is 6.07. The minimum Gasteiger partial charge on any atom is -0.334 e. The molecule has 1 aliphatic heterocycles. The van der Waals surface area contributed by atoms with E-state index < -0.39 is 0 Å². The van der Waals surface area contributed by atoms with Crippen molar-refractivity contribution in [3.05, 3.63) is 94.5 Å². The third-order valence-electron chi connectivity index (χ3n) is 5.65. The minimum absolute atomic E-state index is 0.0153. The number of nitrogens with zero attached hydrogens (tertiary/aromatic N) is 1. The second-order valence-corrected chi connectivity index (χ2v) is 7.86. The number of hydrogen-bond donors (Lipinski definition) is 2. The summed E-state index contributed by atoms with van der Waals surface area (Å²) in [6.45, 7) is 5.11. The van der Waals surface area contributed by atoms with Crippen LogP contribution in [0, 0.1) is 6.92 Å². The number of nitrogens with one attached hydrogen (secondary N) is 2. The van der Waals surface area contributed by atoms with Crippen LogP contribution in [0.2, 0.25) is 0 Å². The van der Waals surface area contributed by atoms with E-state index in [4.69, 9.17) is 0 Å². The zero-order valence-corrected chi connectivity index (χ0v) is 17.9. The Bertz CT molecular complexity index is 1120. The molecule has 3 amide bonds. The quantitative estimate of drug-likeness (QED) is 0.613. The van der Waals surface area contributed by atoms with Crippen molar-refractivity contribution in [3.8, 4) is 0 Å². The van der Waals surface area contributed by atoms with Gasteiger partial charge < -0.3 is 15.5 Å². The average molecular weight is 414 g/mol. The second kappa shape index (κ2) is 9.04. The van der Waals surface area contributed by atoms with E-state index in [1.807, 2.05) is 72.5 Å². The third-order valence-corrected chi connectivity index (χ3v) is 5.65. The van der Waals surface area contributed by atoms with Gasteiger partial charge in [-0.25, -0.2) is 4.79 Å². The number of para-hydroxylation sites is 1. The van der Waals surface area contributed by atoms with Gasteiger partial charge in [0.25, 0.3) is 5.91 Å². The molecule has 158 valence electrons. The van der Waals surface area contributed by atoms with Gasteiger partial charge in [0.2, 0.25) is 0 Å². The highest BCUT2D eigenvalue weighted by Crippen LogP contribution is 2.30. The lowest BCUT2D eigenvalue weighted by molar-refractivity contribution is 0.0989. The lowest BCUT2D eigenvalue weighted by Crippen LogP contribution is -2.30. The van der Waals surface area contributed by atoms with Gasteiger partial charge in [-0.1, -0.05) is 55.0 Å². The van der Waals surface area contributed by atoms with E-state index in [0.29, 0.717) is 18.7 Å². The molecule has 0 fully saturated rings. The predicted octanol–water partition coefficient (Wildman–Crippen LogP) is 5.08. The topological polar surface area (TPSA) is 61.4 Å². The van der Waals surface area contributed by atoms with Crippen molar-refractivity contribution in [2.45, 2.75) is 33.2 Å². The largest absolute Gasteiger partial charge is 0.334 e. The maximum Gasteiger partial charge on any atom is 0.319 e. The smallest absolute Gasteiger partial charge is 0.319 e. The summed E-state index contributed by atoms with van der Waals surface area (Å²) >= 11 is 0. The summed E-state index contributed by atoms with van der Waals surface area (Å²) in [6.07, 6.45) is 1.70. The Hall–Kier alpha value is -3.60. The summed E-state index contributed by atoms with van der Waals surface area (Å²) in [5.41, 5.74) is 6.74. The molecule has 0 spiro atoms. The first-order chi connectivity index (χ1) is 15.0. The molecule has 0 unspecified atom stereocenters. The average Bonchev–Trinajstić information content (AvgIpc) is 3.21. The Labute approximate surface area is 183 Å². The molecule has 0 aliphatic carbocycles. The van der Waals surface area contributed by atoms with Crippen molar-refractivity contribution in [1.82, 2.24) is 5.32 Å². The Kier molecular flexibility index (Phi) is 6.03. The van der Waals surface area contributed by atoms with Crippen LogP contribution in [0.3, 0.4) is 0 Å². The molecule has 3 aromatic rings. The van der Waals surface area contributed by atoms with Gasteiger partial charge in [-0.05, 0) is 60.7 Å². The maximum absolute atomic E-state index is 13.0. The lowest BCUT2D eigenvalue weighted by Gasteiger charge is -2.18. The van der Waals surface area contributed by atoms with E-state index >= 15 is 0 Å². The Morgan fingerprint density at radius 3 is 2.65 bits per heavy atom. The van der Waals surface area contributed by atoms with E-state index in [2.05, 4.69) is 23.6 Å². The zero-order chi connectivity index (χ0) is 21.8. The number of anilines is 2. The van der Waals surface area contributed by atoms with Crippen molar-refractivity contribution in [2.75, 3.05) is 16.8 Å². The molecule has 4 rings (SSSR count). The normalized spacial score (nSPS) is 12.4. The van der Waals surface area contributed by atoms with Crippen molar-refractivity contribution in [3.63, 3.8) is 0 Å². The molecule has 3 aromatic carbocycles. The van der Waals surface area contributed by atoms with Crippen molar-refractivity contribution < 1.29 is 9.59 Å². The van der Waals surface area contributed by atoms with Crippen LogP contribution in [0.5, 0.6) is 0 Å². The maximum atomic E-state index is 13.0. The summed E-state index contributed by atoms with van der Waals surface area (Å²) in [5, 5.41) is 5.84. The van der Waals surface area contributed by atoms with Gasteiger partial charge in [-0.3, -0.25) is 4.79 Å². The summed E-state index contributed by atoms with van der Waals surface area (Å²) in [5.74, 6) is 0.0153. The van der Waals surface area contributed by atoms with E-state index in [1.54, 1.807) is 0 Å². The van der Waals surface area contributed by atoms with Crippen LogP contribution < -0.4 is 15.5 Å². The molecule has 0 aromatic heterocycles. The van der Waals surface area contributed by atoms with Crippen LogP contribution in [0.15, 0.2) is 66.7 Å². The fraction of sp³-hybridized carbons (Fsp3) is 0.231. The van der Waals surface area contributed by atoms with Gasteiger partial charge in [-0.2, -0.15) is 0 Å². The number of amides is 3. The number of carbonyl (C=O) groups is 2. The first-order valence-corrected chi connectivity index (χ1v) is 10.7. The highest BCUT2D eigenvalue weighted by atomic mass is 16.2. The fourth-order valence-corrected chi connectivity index (χ4v) is 3.98. The number of carbonyl (C=O) groups excluding carboxylic acids is 2. The number of fused-ring (bicyclic) bond motifs is 1. The number of hydrogen-bond acceptors (Lipinski definition) is 2. The summed E-state index contributed by atoms with van der Waals surface area (Å²) < 4.78 is 0. The van der Waals surface area contributed by atoms with Crippen LogP contribution in [-0.2, 0) is 19.4 Å². The number of benzene rings is 3. The predicted molar refractivity (Wildman–Crippen MR) is 125 cm³/mol. The third kappa shape index (κ3) is 4.61. The van der Waals surface area contributed by atoms with Gasteiger partial charge >= 0.3 is 6.03 Å². The van der Waals surface area contributed by atoms with Crippen LogP contribution >= 0.6 is 0 Å². The molecule has 0 atom stereocenters. The fourth-order valence-electron chi connectivity index (χ4n) is 3.98. The standard InChI is InChI=1S/C26H27N3O2/c1-3-20-8-4-5-10-23(20)28-26(31)27-17-19-11-12-21-13-14-29(24(21)16-19)25(30)22-9-6-7-18(2)15-22/h4-12,15-16H,3,13-14,17H2,1-2H3,(H2,27,28,31). The van der Waals surface area contributed by atoms with Crippen LogP contribution in [0.1, 0.15) is 39.5 Å². The first kappa shape index (κ1) is 20.7. The first-order valence-electron chi connectivity index (χ1n) is 10.7. The molecule has 1 heterocycles. The molecular weight excluding hydrogens is 386 g/mol. The molecule has 5 nitrogen and oxygen atoms in total. The number of rotatable bonds is 5. The zero-order valence-electron chi connectivity index (χ0n) is 17.9. The van der Waals surface area contributed by atoms with Gasteiger partial charge in [0.15, 0.2) is 0 Å². The van der Waals surface area contributed by atoms with Gasteiger partial charge in [0.05, 0.1) is 0 Å². The van der Waals surface area contributed by atoms with Gasteiger partial charge in [0.1, 0.15) is 0 Å². The molecule has 31 heavy (non-hydrogen) atoms. The SMILES string of the molecule is CCc1ccccc1NC(=O)NCc1ccc2c(c1)N(C(=O)c1cccc(C)c1)CC2. The molecule has 1 aliphatic rings. The highest BCUT2D eigenvalue weighted by Gasteiger charge is 2.25. The Morgan fingerprint density at radius 1 is 1.00 bits per heavy atom. The molecule has 5 heteroatoms.